The van der Waals surface area contributed by atoms with E-state index in [9.17, 15) is 10.1 Å². The molecule has 23 heavy (non-hydrogen) atoms. The molecular weight excluding hydrogens is 297 g/mol. The summed E-state index contributed by atoms with van der Waals surface area (Å²) in [7, 11) is -0.538. The molecule has 3 rings (SSSR count). The van der Waals surface area contributed by atoms with E-state index in [-0.39, 0.29) is 5.69 Å². The Morgan fingerprint density at radius 2 is 1.70 bits per heavy atom. The molecule has 0 unspecified atom stereocenters. The smallest absolute Gasteiger partial charge is 0.399 e. The highest BCUT2D eigenvalue weighted by atomic mass is 16.7. The van der Waals surface area contributed by atoms with Crippen LogP contribution in [0.4, 0.5) is 5.69 Å². The van der Waals surface area contributed by atoms with Gasteiger partial charge in [0.05, 0.1) is 21.8 Å². The maximum Gasteiger partial charge on any atom is 0.498 e. The van der Waals surface area contributed by atoms with E-state index in [1.54, 1.807) is 18.3 Å². The standard InChI is InChI=1S/C15H18BN3O4/c1-14(2)15(3,4)23-16(22-14)12-9-17-18-13(12)10-5-7-11(8-6-10)19(20)21/h5-9H,1-4H3,(H,17,18). The first-order valence-corrected chi connectivity index (χ1v) is 7.35. The van der Waals surface area contributed by atoms with Crippen LogP contribution < -0.4 is 5.46 Å². The van der Waals surface area contributed by atoms with Gasteiger partial charge in [0.25, 0.3) is 5.69 Å². The Balaban J connectivity index is 1.93. The lowest BCUT2D eigenvalue weighted by atomic mass is 9.78. The fourth-order valence-electron chi connectivity index (χ4n) is 2.43. The Bertz CT molecular complexity index is 723. The Morgan fingerprint density at radius 1 is 1.13 bits per heavy atom. The molecule has 1 aliphatic heterocycles. The summed E-state index contributed by atoms with van der Waals surface area (Å²) in [5.74, 6) is 0. The molecule has 7 nitrogen and oxygen atoms in total. The van der Waals surface area contributed by atoms with E-state index in [1.807, 2.05) is 27.7 Å². The molecule has 0 atom stereocenters. The van der Waals surface area contributed by atoms with Gasteiger partial charge in [0, 0.05) is 23.8 Å². The monoisotopic (exact) mass is 315 g/mol. The second-order valence-electron chi connectivity index (χ2n) is 6.59. The number of nitrogens with one attached hydrogen (secondary N) is 1. The summed E-state index contributed by atoms with van der Waals surface area (Å²) in [5.41, 5.74) is 1.46. The molecule has 0 saturated carbocycles. The van der Waals surface area contributed by atoms with Gasteiger partial charge in [-0.15, -0.1) is 0 Å². The van der Waals surface area contributed by atoms with E-state index in [4.69, 9.17) is 9.31 Å². The number of aromatic amines is 1. The predicted molar refractivity (Wildman–Crippen MR) is 86.4 cm³/mol. The van der Waals surface area contributed by atoms with E-state index >= 15 is 0 Å². The lowest BCUT2D eigenvalue weighted by molar-refractivity contribution is -0.384. The van der Waals surface area contributed by atoms with Crippen LogP contribution in [0.3, 0.4) is 0 Å². The van der Waals surface area contributed by atoms with Crippen LogP contribution in [0.2, 0.25) is 0 Å². The molecule has 0 radical (unpaired) electrons. The number of hydrogen-bond donors (Lipinski definition) is 1. The van der Waals surface area contributed by atoms with Crippen molar-refractivity contribution in [1.29, 1.82) is 0 Å². The Kier molecular flexibility index (Phi) is 3.53. The minimum Gasteiger partial charge on any atom is -0.399 e. The minimum absolute atomic E-state index is 0.0467. The summed E-state index contributed by atoms with van der Waals surface area (Å²) in [6.07, 6.45) is 1.67. The van der Waals surface area contributed by atoms with Crippen molar-refractivity contribution in [2.75, 3.05) is 0 Å². The van der Waals surface area contributed by atoms with Crippen molar-refractivity contribution in [2.24, 2.45) is 0 Å². The molecule has 1 aromatic carbocycles. The molecule has 8 heteroatoms. The van der Waals surface area contributed by atoms with E-state index < -0.39 is 23.2 Å². The first kappa shape index (κ1) is 15.7. The maximum absolute atomic E-state index is 10.8. The number of benzene rings is 1. The quantitative estimate of drug-likeness (QED) is 0.533. The lowest BCUT2D eigenvalue weighted by Crippen LogP contribution is -2.41. The van der Waals surface area contributed by atoms with Gasteiger partial charge in [0.2, 0.25) is 0 Å². The molecule has 1 aliphatic rings. The molecule has 1 N–H and O–H groups in total. The van der Waals surface area contributed by atoms with Crippen molar-refractivity contribution < 1.29 is 14.2 Å². The van der Waals surface area contributed by atoms with E-state index in [1.165, 1.54) is 12.1 Å². The van der Waals surface area contributed by atoms with Crippen molar-refractivity contribution in [1.82, 2.24) is 10.2 Å². The van der Waals surface area contributed by atoms with Crippen LogP contribution >= 0.6 is 0 Å². The van der Waals surface area contributed by atoms with Gasteiger partial charge in [-0.1, -0.05) is 0 Å². The molecule has 0 amide bonds. The zero-order valence-corrected chi connectivity index (χ0v) is 13.5. The fraction of sp³-hybridized carbons (Fsp3) is 0.400. The summed E-state index contributed by atoms with van der Waals surface area (Å²) in [6, 6.07) is 6.29. The molecule has 0 spiro atoms. The van der Waals surface area contributed by atoms with Gasteiger partial charge >= 0.3 is 7.12 Å². The summed E-state index contributed by atoms with van der Waals surface area (Å²) in [6.45, 7) is 7.94. The first-order chi connectivity index (χ1) is 10.7. The summed E-state index contributed by atoms with van der Waals surface area (Å²) >= 11 is 0. The third-order valence-corrected chi connectivity index (χ3v) is 4.54. The fourth-order valence-corrected chi connectivity index (χ4v) is 2.43. The van der Waals surface area contributed by atoms with Gasteiger partial charge < -0.3 is 9.31 Å². The number of H-pyrrole nitrogens is 1. The lowest BCUT2D eigenvalue weighted by Gasteiger charge is -2.32. The van der Waals surface area contributed by atoms with Crippen molar-refractivity contribution in [3.05, 3.63) is 40.6 Å². The van der Waals surface area contributed by atoms with Crippen LogP contribution in [-0.4, -0.2) is 33.4 Å². The molecular formula is C15H18BN3O4. The topological polar surface area (TPSA) is 90.3 Å². The van der Waals surface area contributed by atoms with Crippen molar-refractivity contribution in [3.8, 4) is 11.3 Å². The van der Waals surface area contributed by atoms with Gasteiger partial charge in [-0.3, -0.25) is 15.2 Å². The van der Waals surface area contributed by atoms with Gasteiger partial charge in [0.1, 0.15) is 0 Å². The van der Waals surface area contributed by atoms with Crippen LogP contribution in [0.15, 0.2) is 30.5 Å². The maximum atomic E-state index is 10.8. The number of nitro benzene ring substituents is 1. The van der Waals surface area contributed by atoms with Crippen LogP contribution in [0.5, 0.6) is 0 Å². The third kappa shape index (κ3) is 2.64. The predicted octanol–water partition coefficient (Wildman–Crippen LogP) is 2.28. The van der Waals surface area contributed by atoms with Crippen molar-refractivity contribution in [3.63, 3.8) is 0 Å². The van der Waals surface area contributed by atoms with E-state index in [0.717, 1.165) is 16.7 Å². The minimum atomic E-state index is -0.538. The molecule has 0 bridgehead atoms. The van der Waals surface area contributed by atoms with Crippen LogP contribution in [0, 0.1) is 10.1 Å². The average molecular weight is 315 g/mol. The number of hydrogen-bond acceptors (Lipinski definition) is 5. The molecule has 0 aliphatic carbocycles. The van der Waals surface area contributed by atoms with Crippen molar-refractivity contribution >= 4 is 18.3 Å². The number of aromatic nitrogens is 2. The Hall–Kier alpha value is -2.19. The van der Waals surface area contributed by atoms with E-state index in [2.05, 4.69) is 10.2 Å². The second-order valence-corrected chi connectivity index (χ2v) is 6.59. The van der Waals surface area contributed by atoms with Crippen LogP contribution in [0.1, 0.15) is 27.7 Å². The van der Waals surface area contributed by atoms with E-state index in [0.29, 0.717) is 0 Å². The largest absolute Gasteiger partial charge is 0.498 e. The van der Waals surface area contributed by atoms with Gasteiger partial charge in [-0.25, -0.2) is 0 Å². The Morgan fingerprint density at radius 3 is 2.22 bits per heavy atom. The second kappa shape index (κ2) is 5.18. The van der Waals surface area contributed by atoms with Crippen LogP contribution in [0.25, 0.3) is 11.3 Å². The third-order valence-electron chi connectivity index (χ3n) is 4.54. The summed E-state index contributed by atoms with van der Waals surface area (Å²) in [5, 5.41) is 17.8. The molecule has 120 valence electrons. The number of non-ortho nitro benzene ring substituents is 1. The summed E-state index contributed by atoms with van der Waals surface area (Å²) < 4.78 is 12.1. The molecule has 1 saturated heterocycles. The number of nitro groups is 1. The molecule has 1 fully saturated rings. The van der Waals surface area contributed by atoms with Gasteiger partial charge in [-0.2, -0.15) is 5.10 Å². The SMILES string of the molecule is CC1(C)OB(c2cn[nH]c2-c2ccc([N+](=O)[O-])cc2)OC1(C)C. The first-order valence-electron chi connectivity index (χ1n) is 7.35. The number of rotatable bonds is 3. The molecule has 2 aromatic rings. The van der Waals surface area contributed by atoms with Gasteiger partial charge in [-0.05, 0) is 45.4 Å². The highest BCUT2D eigenvalue weighted by molar-refractivity contribution is 6.63. The van der Waals surface area contributed by atoms with Crippen molar-refractivity contribution in [2.45, 2.75) is 38.9 Å². The highest BCUT2D eigenvalue weighted by Gasteiger charge is 2.52. The van der Waals surface area contributed by atoms with Crippen LogP contribution in [-0.2, 0) is 9.31 Å². The zero-order valence-electron chi connectivity index (χ0n) is 13.5. The zero-order chi connectivity index (χ0) is 16.8. The molecule has 1 aromatic heterocycles. The Labute approximate surface area is 134 Å². The molecule has 2 heterocycles. The summed E-state index contributed by atoms with van der Waals surface area (Å²) in [4.78, 5) is 10.3. The van der Waals surface area contributed by atoms with Gasteiger partial charge in [0.15, 0.2) is 0 Å². The highest BCUT2D eigenvalue weighted by Crippen LogP contribution is 2.37. The average Bonchev–Trinajstić information content (AvgIpc) is 3.02. The number of nitrogens with zero attached hydrogens (tertiary/aromatic N) is 2. The normalized spacial score (nSPS) is 19.0.